The van der Waals surface area contributed by atoms with Crippen molar-refractivity contribution in [1.29, 1.82) is 0 Å². The van der Waals surface area contributed by atoms with Gasteiger partial charge in [-0.2, -0.15) is 0 Å². The predicted octanol–water partition coefficient (Wildman–Crippen LogP) is 2.52. The van der Waals surface area contributed by atoms with E-state index in [1.807, 2.05) is 0 Å². The van der Waals surface area contributed by atoms with Crippen LogP contribution in [-0.2, 0) is 0 Å². The van der Waals surface area contributed by atoms with Gasteiger partial charge in [0.1, 0.15) is 0 Å². The maximum atomic E-state index is 2.53. The Hall–Kier alpha value is -0.0400. The summed E-state index contributed by atoms with van der Waals surface area (Å²) >= 11 is 0. The van der Waals surface area contributed by atoms with Crippen molar-refractivity contribution in [1.82, 2.24) is 4.90 Å². The van der Waals surface area contributed by atoms with E-state index in [2.05, 4.69) is 25.8 Å². The standard InChI is InChI=1S/C10H21N/c1-4-6-9-7-8-11(3)10(9)5-2/h9-10H,4-8H2,1-3H3. The Balaban J connectivity index is 2.40. The minimum Gasteiger partial charge on any atom is -0.303 e. The molecular weight excluding hydrogens is 134 g/mol. The summed E-state index contributed by atoms with van der Waals surface area (Å²) in [6.07, 6.45) is 5.56. The third-order valence-corrected chi connectivity index (χ3v) is 3.04. The van der Waals surface area contributed by atoms with Crippen LogP contribution in [0.25, 0.3) is 0 Å². The first-order chi connectivity index (χ1) is 5.29. The van der Waals surface area contributed by atoms with Gasteiger partial charge in [0.05, 0.1) is 0 Å². The molecule has 0 aromatic heterocycles. The first-order valence-corrected chi connectivity index (χ1v) is 4.99. The minimum atomic E-state index is 0.884. The molecule has 1 heterocycles. The molecule has 0 radical (unpaired) electrons. The third kappa shape index (κ3) is 1.96. The molecule has 1 fully saturated rings. The number of likely N-dealkylation sites (tertiary alicyclic amines) is 1. The Labute approximate surface area is 70.8 Å². The highest BCUT2D eigenvalue weighted by atomic mass is 15.2. The number of hydrogen-bond acceptors (Lipinski definition) is 1. The first kappa shape index (κ1) is 9.05. The second-order valence-electron chi connectivity index (χ2n) is 3.79. The third-order valence-electron chi connectivity index (χ3n) is 3.04. The van der Waals surface area contributed by atoms with Crippen LogP contribution in [0, 0.1) is 5.92 Å². The average Bonchev–Trinajstić information content (AvgIpc) is 2.33. The topological polar surface area (TPSA) is 3.24 Å². The second-order valence-corrected chi connectivity index (χ2v) is 3.79. The van der Waals surface area contributed by atoms with Gasteiger partial charge in [-0.25, -0.2) is 0 Å². The van der Waals surface area contributed by atoms with Crippen molar-refractivity contribution in [2.24, 2.45) is 5.92 Å². The molecule has 0 spiro atoms. The van der Waals surface area contributed by atoms with Crippen LogP contribution in [0.1, 0.15) is 39.5 Å². The molecule has 2 unspecified atom stereocenters. The van der Waals surface area contributed by atoms with Crippen molar-refractivity contribution >= 4 is 0 Å². The van der Waals surface area contributed by atoms with E-state index in [0.717, 1.165) is 12.0 Å². The summed E-state index contributed by atoms with van der Waals surface area (Å²) in [7, 11) is 2.27. The van der Waals surface area contributed by atoms with Crippen molar-refractivity contribution < 1.29 is 0 Å². The monoisotopic (exact) mass is 155 g/mol. The molecule has 2 atom stereocenters. The van der Waals surface area contributed by atoms with E-state index in [1.165, 1.54) is 32.2 Å². The van der Waals surface area contributed by atoms with Crippen LogP contribution in [0.5, 0.6) is 0 Å². The summed E-state index contributed by atoms with van der Waals surface area (Å²) in [5.74, 6) is 0.995. The molecule has 0 N–H and O–H groups in total. The summed E-state index contributed by atoms with van der Waals surface area (Å²) in [4.78, 5) is 2.53. The fourth-order valence-electron chi connectivity index (χ4n) is 2.44. The molecular formula is C10H21N. The quantitative estimate of drug-likeness (QED) is 0.605. The lowest BCUT2D eigenvalue weighted by atomic mass is 9.94. The molecule has 0 bridgehead atoms. The molecule has 1 heteroatoms. The van der Waals surface area contributed by atoms with Crippen LogP contribution >= 0.6 is 0 Å². The smallest absolute Gasteiger partial charge is 0.0118 e. The van der Waals surface area contributed by atoms with E-state index in [-0.39, 0.29) is 0 Å². The lowest BCUT2D eigenvalue weighted by Crippen LogP contribution is -2.28. The zero-order chi connectivity index (χ0) is 8.27. The minimum absolute atomic E-state index is 0.884. The first-order valence-electron chi connectivity index (χ1n) is 4.99. The van der Waals surface area contributed by atoms with Crippen molar-refractivity contribution in [3.8, 4) is 0 Å². The summed E-state index contributed by atoms with van der Waals surface area (Å²) < 4.78 is 0. The molecule has 0 amide bonds. The highest BCUT2D eigenvalue weighted by Crippen LogP contribution is 2.28. The van der Waals surface area contributed by atoms with Gasteiger partial charge in [-0.1, -0.05) is 20.3 Å². The van der Waals surface area contributed by atoms with Gasteiger partial charge >= 0.3 is 0 Å². The van der Waals surface area contributed by atoms with Crippen LogP contribution in [0.3, 0.4) is 0 Å². The Morgan fingerprint density at radius 3 is 2.64 bits per heavy atom. The second kappa shape index (κ2) is 4.10. The van der Waals surface area contributed by atoms with Gasteiger partial charge in [-0.15, -0.1) is 0 Å². The number of nitrogens with zero attached hydrogens (tertiary/aromatic N) is 1. The van der Waals surface area contributed by atoms with Crippen LogP contribution in [0.2, 0.25) is 0 Å². The van der Waals surface area contributed by atoms with Gasteiger partial charge in [0, 0.05) is 6.04 Å². The van der Waals surface area contributed by atoms with Crippen molar-refractivity contribution in [3.05, 3.63) is 0 Å². The van der Waals surface area contributed by atoms with Crippen LogP contribution in [-0.4, -0.2) is 24.5 Å². The maximum Gasteiger partial charge on any atom is 0.0118 e. The van der Waals surface area contributed by atoms with Gasteiger partial charge in [0.15, 0.2) is 0 Å². The highest BCUT2D eigenvalue weighted by Gasteiger charge is 2.28. The summed E-state index contributed by atoms with van der Waals surface area (Å²) in [6.45, 7) is 5.93. The number of hydrogen-bond donors (Lipinski definition) is 0. The molecule has 1 saturated heterocycles. The van der Waals surface area contributed by atoms with E-state index in [0.29, 0.717) is 0 Å². The molecule has 0 aliphatic carbocycles. The highest BCUT2D eigenvalue weighted by molar-refractivity contribution is 4.83. The molecule has 0 aromatic carbocycles. The molecule has 1 nitrogen and oxygen atoms in total. The fraction of sp³-hybridized carbons (Fsp3) is 1.00. The van der Waals surface area contributed by atoms with E-state index < -0.39 is 0 Å². The Bertz CT molecular complexity index is 109. The lowest BCUT2D eigenvalue weighted by molar-refractivity contribution is 0.256. The molecule has 0 saturated carbocycles. The molecule has 66 valence electrons. The van der Waals surface area contributed by atoms with Crippen molar-refractivity contribution in [2.75, 3.05) is 13.6 Å². The normalized spacial score (nSPS) is 33.0. The zero-order valence-electron chi connectivity index (χ0n) is 8.14. The van der Waals surface area contributed by atoms with E-state index in [1.54, 1.807) is 0 Å². The van der Waals surface area contributed by atoms with Crippen molar-refractivity contribution in [2.45, 2.75) is 45.6 Å². The van der Waals surface area contributed by atoms with Gasteiger partial charge in [0.2, 0.25) is 0 Å². The van der Waals surface area contributed by atoms with Gasteiger partial charge in [0.25, 0.3) is 0 Å². The largest absolute Gasteiger partial charge is 0.303 e. The molecule has 0 aromatic rings. The zero-order valence-corrected chi connectivity index (χ0v) is 8.14. The average molecular weight is 155 g/mol. The predicted molar refractivity (Wildman–Crippen MR) is 49.7 cm³/mol. The van der Waals surface area contributed by atoms with Gasteiger partial charge in [-0.05, 0) is 38.8 Å². The van der Waals surface area contributed by atoms with E-state index in [4.69, 9.17) is 0 Å². The maximum absolute atomic E-state index is 2.53. The van der Waals surface area contributed by atoms with Crippen molar-refractivity contribution in [3.63, 3.8) is 0 Å². The van der Waals surface area contributed by atoms with Gasteiger partial charge in [-0.3, -0.25) is 0 Å². The van der Waals surface area contributed by atoms with Crippen LogP contribution < -0.4 is 0 Å². The van der Waals surface area contributed by atoms with Crippen LogP contribution in [0.15, 0.2) is 0 Å². The Kier molecular flexibility index (Phi) is 3.38. The molecule has 11 heavy (non-hydrogen) atoms. The Morgan fingerprint density at radius 2 is 2.09 bits per heavy atom. The van der Waals surface area contributed by atoms with Crippen LogP contribution in [0.4, 0.5) is 0 Å². The summed E-state index contributed by atoms with van der Waals surface area (Å²) in [6, 6.07) is 0.884. The number of rotatable bonds is 3. The fourth-order valence-corrected chi connectivity index (χ4v) is 2.44. The SMILES string of the molecule is CCCC1CCN(C)C1CC. The van der Waals surface area contributed by atoms with Gasteiger partial charge < -0.3 is 4.90 Å². The Morgan fingerprint density at radius 1 is 1.36 bits per heavy atom. The summed E-state index contributed by atoms with van der Waals surface area (Å²) in [5, 5.41) is 0. The lowest BCUT2D eigenvalue weighted by Gasteiger charge is -2.22. The molecule has 1 aliphatic rings. The van der Waals surface area contributed by atoms with E-state index >= 15 is 0 Å². The molecule has 1 aliphatic heterocycles. The van der Waals surface area contributed by atoms with E-state index in [9.17, 15) is 0 Å². The summed E-state index contributed by atoms with van der Waals surface area (Å²) in [5.41, 5.74) is 0. The molecule has 1 rings (SSSR count).